The van der Waals surface area contributed by atoms with E-state index < -0.39 is 0 Å². The van der Waals surface area contributed by atoms with Crippen LogP contribution in [-0.4, -0.2) is 12.7 Å². The molecular formula is C27H34O2S. The van der Waals surface area contributed by atoms with Gasteiger partial charge in [-0.15, -0.1) is 11.3 Å². The summed E-state index contributed by atoms with van der Waals surface area (Å²) in [5.41, 5.74) is 7.48. The van der Waals surface area contributed by atoms with E-state index in [1.165, 1.54) is 43.1 Å². The van der Waals surface area contributed by atoms with Crippen LogP contribution in [0.1, 0.15) is 55.9 Å². The molecule has 0 radical (unpaired) electrons. The molecule has 0 atom stereocenters. The van der Waals surface area contributed by atoms with Gasteiger partial charge in [0.25, 0.3) is 0 Å². The summed E-state index contributed by atoms with van der Waals surface area (Å²) < 4.78 is 12.6. The third kappa shape index (κ3) is 4.57. The zero-order valence-electron chi connectivity index (χ0n) is 19.4. The first-order valence-electron chi connectivity index (χ1n) is 10.9. The van der Waals surface area contributed by atoms with Crippen LogP contribution in [0.5, 0.6) is 11.5 Å². The first-order valence-corrected chi connectivity index (χ1v) is 11.8. The predicted octanol–water partition coefficient (Wildman–Crippen LogP) is 8.28. The summed E-state index contributed by atoms with van der Waals surface area (Å²) in [4.78, 5) is 2.47. The Bertz CT molecular complexity index is 994. The van der Waals surface area contributed by atoms with Crippen molar-refractivity contribution in [1.82, 2.24) is 0 Å². The molecule has 3 rings (SSSR count). The maximum atomic E-state index is 6.41. The van der Waals surface area contributed by atoms with Crippen LogP contribution >= 0.6 is 11.3 Å². The lowest BCUT2D eigenvalue weighted by atomic mass is 9.99. The van der Waals surface area contributed by atoms with E-state index in [2.05, 4.69) is 84.9 Å². The van der Waals surface area contributed by atoms with Gasteiger partial charge in [0.2, 0.25) is 0 Å². The summed E-state index contributed by atoms with van der Waals surface area (Å²) in [6.07, 6.45) is 2.31. The first kappa shape index (κ1) is 22.4. The molecule has 2 nitrogen and oxygen atoms in total. The number of unbranched alkanes of at least 4 members (excludes halogenated alkanes) is 1. The van der Waals surface area contributed by atoms with Gasteiger partial charge in [0.05, 0.1) is 17.6 Å². The van der Waals surface area contributed by atoms with Gasteiger partial charge < -0.3 is 9.47 Å². The smallest absolute Gasteiger partial charge is 0.141 e. The van der Waals surface area contributed by atoms with E-state index in [0.717, 1.165) is 30.9 Å². The number of rotatable bonds is 8. The minimum atomic E-state index is 0.129. The van der Waals surface area contributed by atoms with Gasteiger partial charge in [-0.25, -0.2) is 0 Å². The highest BCUT2D eigenvalue weighted by Crippen LogP contribution is 2.51. The van der Waals surface area contributed by atoms with Gasteiger partial charge >= 0.3 is 0 Å². The van der Waals surface area contributed by atoms with Crippen molar-refractivity contribution >= 4 is 11.3 Å². The molecule has 0 fully saturated rings. The van der Waals surface area contributed by atoms with Crippen LogP contribution < -0.4 is 9.47 Å². The van der Waals surface area contributed by atoms with Crippen molar-refractivity contribution in [2.24, 2.45) is 0 Å². The molecule has 0 aliphatic heterocycles. The Morgan fingerprint density at radius 2 is 1.43 bits per heavy atom. The van der Waals surface area contributed by atoms with Crippen molar-refractivity contribution in [1.29, 1.82) is 0 Å². The molecule has 30 heavy (non-hydrogen) atoms. The van der Waals surface area contributed by atoms with E-state index in [4.69, 9.17) is 9.47 Å². The fraction of sp³-hybridized carbons (Fsp3) is 0.407. The fourth-order valence-corrected chi connectivity index (χ4v) is 5.39. The minimum absolute atomic E-state index is 0.129. The van der Waals surface area contributed by atoms with E-state index in [1.807, 2.05) is 11.3 Å². The molecule has 1 aromatic heterocycles. The van der Waals surface area contributed by atoms with Gasteiger partial charge in [-0.2, -0.15) is 0 Å². The maximum absolute atomic E-state index is 6.41. The zero-order chi connectivity index (χ0) is 21.8. The highest BCUT2D eigenvalue weighted by Gasteiger charge is 2.24. The van der Waals surface area contributed by atoms with Crippen LogP contribution in [0, 0.1) is 27.7 Å². The SMILES string of the molecule is CCCCOc1c(-c2c(C)cccc2C)sc(-c2c(C)cccc2OC(C)C)c1C. The third-order valence-corrected chi connectivity index (χ3v) is 6.68. The number of aryl methyl sites for hydroxylation is 3. The molecule has 3 aromatic rings. The summed E-state index contributed by atoms with van der Waals surface area (Å²) in [6, 6.07) is 12.8. The van der Waals surface area contributed by atoms with E-state index in [-0.39, 0.29) is 6.10 Å². The molecular weight excluding hydrogens is 388 g/mol. The quantitative estimate of drug-likeness (QED) is 0.340. The van der Waals surface area contributed by atoms with Crippen molar-refractivity contribution in [3.63, 3.8) is 0 Å². The van der Waals surface area contributed by atoms with Crippen LogP contribution in [0.25, 0.3) is 20.9 Å². The molecule has 0 saturated heterocycles. The van der Waals surface area contributed by atoms with Crippen LogP contribution in [0.15, 0.2) is 36.4 Å². The Hall–Kier alpha value is -2.26. The minimum Gasteiger partial charge on any atom is -0.492 e. The lowest BCUT2D eigenvalue weighted by Gasteiger charge is -2.16. The van der Waals surface area contributed by atoms with E-state index in [9.17, 15) is 0 Å². The topological polar surface area (TPSA) is 18.5 Å². The van der Waals surface area contributed by atoms with Gasteiger partial charge in [0, 0.05) is 21.6 Å². The molecule has 0 unspecified atom stereocenters. The molecule has 0 bridgehead atoms. The van der Waals surface area contributed by atoms with E-state index >= 15 is 0 Å². The summed E-state index contributed by atoms with van der Waals surface area (Å²) in [5, 5.41) is 0. The highest BCUT2D eigenvalue weighted by molar-refractivity contribution is 7.19. The predicted molar refractivity (Wildman–Crippen MR) is 130 cm³/mol. The van der Waals surface area contributed by atoms with Crippen LogP contribution in [0.3, 0.4) is 0 Å². The van der Waals surface area contributed by atoms with E-state index in [0.29, 0.717) is 0 Å². The molecule has 0 spiro atoms. The van der Waals surface area contributed by atoms with Crippen molar-refractivity contribution in [3.05, 3.63) is 58.7 Å². The second-order valence-electron chi connectivity index (χ2n) is 8.30. The fourth-order valence-electron chi connectivity index (χ4n) is 3.85. The average Bonchev–Trinajstić information content (AvgIpc) is 2.98. The van der Waals surface area contributed by atoms with Gasteiger partial charge in [-0.3, -0.25) is 0 Å². The molecule has 3 heteroatoms. The Morgan fingerprint density at radius 3 is 2.03 bits per heavy atom. The Kier molecular flexibility index (Phi) is 7.25. The van der Waals surface area contributed by atoms with Crippen LogP contribution in [0.2, 0.25) is 0 Å². The Balaban J connectivity index is 2.24. The third-order valence-electron chi connectivity index (χ3n) is 5.37. The van der Waals surface area contributed by atoms with Gasteiger partial charge in [0.15, 0.2) is 0 Å². The monoisotopic (exact) mass is 422 g/mol. The van der Waals surface area contributed by atoms with Crippen LogP contribution in [-0.2, 0) is 0 Å². The van der Waals surface area contributed by atoms with Crippen molar-refractivity contribution in [3.8, 4) is 32.4 Å². The second-order valence-corrected chi connectivity index (χ2v) is 9.32. The largest absolute Gasteiger partial charge is 0.492 e. The summed E-state index contributed by atoms with van der Waals surface area (Å²) >= 11 is 1.83. The summed E-state index contributed by atoms with van der Waals surface area (Å²) in [5.74, 6) is 1.97. The number of ether oxygens (including phenoxy) is 2. The second kappa shape index (κ2) is 9.70. The first-order chi connectivity index (χ1) is 14.3. The average molecular weight is 423 g/mol. The molecule has 160 valence electrons. The highest BCUT2D eigenvalue weighted by atomic mass is 32.1. The van der Waals surface area contributed by atoms with Crippen LogP contribution in [0.4, 0.5) is 0 Å². The lowest BCUT2D eigenvalue weighted by Crippen LogP contribution is -2.07. The van der Waals surface area contributed by atoms with Crippen molar-refractivity contribution in [2.75, 3.05) is 6.61 Å². The molecule has 0 saturated carbocycles. The van der Waals surface area contributed by atoms with Gasteiger partial charge in [0.1, 0.15) is 11.5 Å². The van der Waals surface area contributed by atoms with Gasteiger partial charge in [-0.1, -0.05) is 43.7 Å². The van der Waals surface area contributed by atoms with Crippen molar-refractivity contribution in [2.45, 2.75) is 67.4 Å². The number of hydrogen-bond acceptors (Lipinski definition) is 3. The standard InChI is InChI=1S/C27H34O2S/c1-8-9-16-28-25-21(7)26(24-20(6)14-11-15-22(24)29-17(2)3)30-27(25)23-18(4)12-10-13-19(23)5/h10-15,17H,8-9,16H2,1-7H3. The molecule has 0 N–H and O–H groups in total. The lowest BCUT2D eigenvalue weighted by molar-refractivity contribution is 0.243. The number of thiophene rings is 1. The normalized spacial score (nSPS) is 11.2. The van der Waals surface area contributed by atoms with Crippen molar-refractivity contribution < 1.29 is 9.47 Å². The van der Waals surface area contributed by atoms with Gasteiger partial charge in [-0.05, 0) is 70.7 Å². The maximum Gasteiger partial charge on any atom is 0.141 e. The summed E-state index contributed by atoms with van der Waals surface area (Å²) in [7, 11) is 0. The summed E-state index contributed by atoms with van der Waals surface area (Å²) in [6.45, 7) is 15.8. The van der Waals surface area contributed by atoms with E-state index in [1.54, 1.807) is 0 Å². The number of benzene rings is 2. The molecule has 0 amide bonds. The Labute approximate surface area is 185 Å². The molecule has 2 aromatic carbocycles. The Morgan fingerprint density at radius 1 is 0.833 bits per heavy atom. The molecule has 1 heterocycles. The molecule has 0 aliphatic rings. The number of hydrogen-bond donors (Lipinski definition) is 0. The zero-order valence-corrected chi connectivity index (χ0v) is 20.2. The molecule has 0 aliphatic carbocycles.